The second-order valence-corrected chi connectivity index (χ2v) is 5.50. The van der Waals surface area contributed by atoms with E-state index < -0.39 is 6.09 Å². The van der Waals surface area contributed by atoms with Gasteiger partial charge in [0, 0.05) is 6.21 Å². The number of nitrogens with zero attached hydrogens (tertiary/aromatic N) is 3. The number of amides is 1. The third-order valence-electron chi connectivity index (χ3n) is 4.02. The van der Waals surface area contributed by atoms with Gasteiger partial charge in [0.1, 0.15) is 6.26 Å². The molecule has 2 aromatic rings. The molecule has 2 aliphatic rings. The molecule has 0 saturated heterocycles. The lowest BCUT2D eigenvalue weighted by atomic mass is 10.1. The molecule has 0 saturated carbocycles. The first-order chi connectivity index (χ1) is 11.7. The number of ether oxygens (including phenoxy) is 1. The molecular weight excluding hydrogens is 306 g/mol. The van der Waals surface area contributed by atoms with E-state index in [1.807, 2.05) is 47.4 Å². The molecule has 6 nitrogen and oxygen atoms in total. The van der Waals surface area contributed by atoms with E-state index >= 15 is 0 Å². The average molecular weight is 321 g/mol. The van der Waals surface area contributed by atoms with E-state index in [9.17, 15) is 9.90 Å². The van der Waals surface area contributed by atoms with Crippen LogP contribution in [0.5, 0.6) is 5.75 Å². The van der Waals surface area contributed by atoms with Gasteiger partial charge in [-0.1, -0.05) is 36.4 Å². The smallest absolute Gasteiger partial charge is 0.412 e. The number of carbonyl (C=O) groups is 1. The first kappa shape index (κ1) is 14.3. The van der Waals surface area contributed by atoms with Crippen molar-refractivity contribution in [2.75, 3.05) is 16.3 Å². The monoisotopic (exact) mass is 321 g/mol. The highest BCUT2D eigenvalue weighted by atomic mass is 16.5. The number of hydrogen-bond acceptors (Lipinski definition) is 4. The fraction of sp³-hybridized carbons (Fsp3) is 0.111. The van der Waals surface area contributed by atoms with Crippen molar-refractivity contribution in [3.05, 3.63) is 66.2 Å². The molecule has 0 spiro atoms. The Morgan fingerprint density at radius 1 is 1.21 bits per heavy atom. The summed E-state index contributed by atoms with van der Waals surface area (Å²) in [6.07, 6.45) is 2.33. The Balaban J connectivity index is 1.73. The molecule has 2 heterocycles. The second kappa shape index (κ2) is 5.73. The average Bonchev–Trinajstić information content (AvgIpc) is 3.09. The summed E-state index contributed by atoms with van der Waals surface area (Å²) in [6, 6.07) is 15.0. The number of anilines is 2. The largest absolute Gasteiger partial charge is 0.465 e. The third kappa shape index (κ3) is 2.38. The minimum Gasteiger partial charge on any atom is -0.465 e. The number of rotatable bonds is 3. The zero-order chi connectivity index (χ0) is 16.5. The van der Waals surface area contributed by atoms with Crippen LogP contribution >= 0.6 is 0 Å². The first-order valence-corrected chi connectivity index (χ1v) is 7.58. The molecule has 0 aliphatic carbocycles. The fourth-order valence-electron chi connectivity index (χ4n) is 2.89. The molecule has 1 amide bonds. The van der Waals surface area contributed by atoms with Gasteiger partial charge in [0.2, 0.25) is 0 Å². The summed E-state index contributed by atoms with van der Waals surface area (Å²) in [5, 5.41) is 9.69. The summed E-state index contributed by atoms with van der Waals surface area (Å²) < 4.78 is 5.71. The van der Waals surface area contributed by atoms with Crippen LogP contribution < -0.4 is 14.5 Å². The van der Waals surface area contributed by atoms with Gasteiger partial charge in [-0.3, -0.25) is 4.90 Å². The van der Waals surface area contributed by atoms with Crippen LogP contribution in [0.2, 0.25) is 0 Å². The van der Waals surface area contributed by atoms with Crippen molar-refractivity contribution >= 4 is 23.7 Å². The van der Waals surface area contributed by atoms with Crippen LogP contribution in [-0.2, 0) is 6.54 Å². The number of carboxylic acid groups (broad SMARTS) is 1. The maximum atomic E-state index is 11.8. The summed E-state index contributed by atoms with van der Waals surface area (Å²) in [6.45, 7) is 0.903. The Kier molecular flexibility index (Phi) is 3.42. The van der Waals surface area contributed by atoms with Crippen LogP contribution in [0.15, 0.2) is 65.6 Å². The Hall–Kier alpha value is -3.28. The van der Waals surface area contributed by atoms with Gasteiger partial charge in [-0.2, -0.15) is 0 Å². The predicted molar refractivity (Wildman–Crippen MR) is 91.6 cm³/mol. The summed E-state index contributed by atoms with van der Waals surface area (Å²) in [7, 11) is 0. The summed E-state index contributed by atoms with van der Waals surface area (Å²) >= 11 is 0. The van der Waals surface area contributed by atoms with Crippen molar-refractivity contribution in [2.45, 2.75) is 6.54 Å². The normalized spacial score (nSPS) is 14.5. The van der Waals surface area contributed by atoms with Crippen LogP contribution in [0, 0.1) is 0 Å². The number of aliphatic imine (C=N–C) groups is 1. The molecule has 6 heteroatoms. The van der Waals surface area contributed by atoms with Crippen molar-refractivity contribution in [3.63, 3.8) is 0 Å². The van der Waals surface area contributed by atoms with Gasteiger partial charge in [0.15, 0.2) is 11.6 Å². The molecular formula is C18H15N3O3. The molecule has 2 aliphatic heterocycles. The fourth-order valence-corrected chi connectivity index (χ4v) is 2.89. The lowest BCUT2D eigenvalue weighted by molar-refractivity contribution is 0.201. The zero-order valence-electron chi connectivity index (χ0n) is 12.8. The van der Waals surface area contributed by atoms with Gasteiger partial charge in [0.25, 0.3) is 0 Å². The van der Waals surface area contributed by atoms with Crippen LogP contribution in [-0.4, -0.2) is 24.0 Å². The molecule has 1 N–H and O–H groups in total. The number of benzene rings is 2. The highest BCUT2D eigenvalue weighted by Gasteiger charge is 2.28. The lowest BCUT2D eigenvalue weighted by Gasteiger charge is -2.29. The van der Waals surface area contributed by atoms with E-state index in [2.05, 4.69) is 4.99 Å². The topological polar surface area (TPSA) is 65.4 Å². The van der Waals surface area contributed by atoms with E-state index in [4.69, 9.17) is 4.74 Å². The van der Waals surface area contributed by atoms with Gasteiger partial charge in [-0.05, 0) is 17.7 Å². The molecule has 0 radical (unpaired) electrons. The summed E-state index contributed by atoms with van der Waals surface area (Å²) in [5.41, 5.74) is 2.25. The SMILES string of the molecule is O=C(O)N(Cc1ccccc1)c1cccc2c1OC=C1N=CCN12. The Bertz CT molecular complexity index is 846. The minimum atomic E-state index is -1.02. The van der Waals surface area contributed by atoms with E-state index in [-0.39, 0.29) is 6.54 Å². The third-order valence-corrected chi connectivity index (χ3v) is 4.02. The minimum absolute atomic E-state index is 0.253. The van der Waals surface area contributed by atoms with Crippen LogP contribution in [0.3, 0.4) is 0 Å². The van der Waals surface area contributed by atoms with Crippen molar-refractivity contribution in [3.8, 4) is 5.75 Å². The lowest BCUT2D eigenvalue weighted by Crippen LogP contribution is -2.30. The Morgan fingerprint density at radius 2 is 2.04 bits per heavy atom. The Labute approximate surface area is 138 Å². The molecule has 4 rings (SSSR count). The number of hydrogen-bond donors (Lipinski definition) is 1. The summed E-state index contributed by atoms with van der Waals surface area (Å²) in [4.78, 5) is 19.4. The molecule has 2 aromatic carbocycles. The van der Waals surface area contributed by atoms with Crippen molar-refractivity contribution in [2.24, 2.45) is 4.99 Å². The van der Waals surface area contributed by atoms with Gasteiger partial charge in [-0.15, -0.1) is 0 Å². The van der Waals surface area contributed by atoms with Crippen molar-refractivity contribution < 1.29 is 14.6 Å². The molecule has 24 heavy (non-hydrogen) atoms. The highest BCUT2D eigenvalue weighted by molar-refractivity contribution is 5.92. The second-order valence-electron chi connectivity index (χ2n) is 5.50. The van der Waals surface area contributed by atoms with E-state index in [1.165, 1.54) is 4.90 Å². The first-order valence-electron chi connectivity index (χ1n) is 7.58. The molecule has 0 atom stereocenters. The molecule has 0 fully saturated rings. The molecule has 0 bridgehead atoms. The van der Waals surface area contributed by atoms with Crippen molar-refractivity contribution in [1.29, 1.82) is 0 Å². The Morgan fingerprint density at radius 3 is 2.83 bits per heavy atom. The molecule has 0 aromatic heterocycles. The van der Waals surface area contributed by atoms with Gasteiger partial charge in [-0.25, -0.2) is 9.79 Å². The zero-order valence-corrected chi connectivity index (χ0v) is 12.8. The molecule has 0 unspecified atom stereocenters. The van der Waals surface area contributed by atoms with Crippen molar-refractivity contribution in [1.82, 2.24) is 0 Å². The van der Waals surface area contributed by atoms with E-state index in [0.717, 1.165) is 17.1 Å². The number of fused-ring (bicyclic) bond motifs is 3. The van der Waals surface area contributed by atoms with Gasteiger partial charge < -0.3 is 14.7 Å². The van der Waals surface area contributed by atoms with Crippen LogP contribution in [0.1, 0.15) is 5.56 Å². The van der Waals surface area contributed by atoms with Gasteiger partial charge >= 0.3 is 6.09 Å². The van der Waals surface area contributed by atoms with E-state index in [1.54, 1.807) is 18.5 Å². The van der Waals surface area contributed by atoms with E-state index in [0.29, 0.717) is 18.0 Å². The van der Waals surface area contributed by atoms with Crippen LogP contribution in [0.25, 0.3) is 0 Å². The summed E-state index contributed by atoms with van der Waals surface area (Å²) in [5.74, 6) is 1.26. The van der Waals surface area contributed by atoms with Gasteiger partial charge in [0.05, 0.1) is 24.5 Å². The highest BCUT2D eigenvalue weighted by Crippen LogP contribution is 2.43. The maximum Gasteiger partial charge on any atom is 0.412 e. The molecule has 120 valence electrons. The quantitative estimate of drug-likeness (QED) is 0.940. The predicted octanol–water partition coefficient (Wildman–Crippen LogP) is 3.45. The standard InChI is InChI=1S/C18H15N3O3/c22-18(23)21(11-13-5-2-1-3-6-13)15-8-4-7-14-17(15)24-12-16-19-9-10-20(14)16/h1-9,12H,10-11H2,(H,22,23). The van der Waals surface area contributed by atoms with Crippen LogP contribution in [0.4, 0.5) is 16.2 Å². The maximum absolute atomic E-state index is 11.8. The number of para-hydroxylation sites is 1.